The molecule has 1 amide bonds. The fraction of sp³-hybridized carbons (Fsp3) is 0.312. The lowest BCUT2D eigenvalue weighted by molar-refractivity contribution is -0.114. The van der Waals surface area contributed by atoms with Crippen LogP contribution < -0.4 is 15.4 Å². The zero-order valence-electron chi connectivity index (χ0n) is 13.2. The second kappa shape index (κ2) is 6.89. The van der Waals surface area contributed by atoms with E-state index in [9.17, 15) is 4.79 Å². The molecule has 0 unspecified atom stereocenters. The van der Waals surface area contributed by atoms with Gasteiger partial charge in [-0.2, -0.15) is 4.98 Å². The van der Waals surface area contributed by atoms with Gasteiger partial charge in [0.15, 0.2) is 0 Å². The summed E-state index contributed by atoms with van der Waals surface area (Å²) in [5.41, 5.74) is 2.69. The predicted octanol–water partition coefficient (Wildman–Crippen LogP) is 2.67. The first-order valence-electron chi connectivity index (χ1n) is 6.99. The molecule has 0 spiro atoms. The summed E-state index contributed by atoms with van der Waals surface area (Å²) in [6.07, 6.45) is 0. The third-order valence-corrected chi connectivity index (χ3v) is 3.11. The van der Waals surface area contributed by atoms with E-state index in [4.69, 9.17) is 4.74 Å². The van der Waals surface area contributed by atoms with Gasteiger partial charge in [0, 0.05) is 19.2 Å². The molecular weight excluding hydrogens is 280 g/mol. The molecule has 1 heterocycles. The summed E-state index contributed by atoms with van der Waals surface area (Å²) in [7, 11) is 1.59. The van der Waals surface area contributed by atoms with E-state index in [0.29, 0.717) is 18.2 Å². The van der Waals surface area contributed by atoms with Crippen LogP contribution in [0.25, 0.3) is 0 Å². The molecule has 0 bridgehead atoms. The highest BCUT2D eigenvalue weighted by atomic mass is 16.5. The van der Waals surface area contributed by atoms with Gasteiger partial charge in [0.05, 0.1) is 12.7 Å². The quantitative estimate of drug-likeness (QED) is 0.888. The normalized spacial score (nSPS) is 10.2. The number of rotatable bonds is 5. The van der Waals surface area contributed by atoms with Gasteiger partial charge in [-0.15, -0.1) is 0 Å². The molecule has 0 saturated carbocycles. The number of hydrogen-bond donors (Lipinski definition) is 2. The van der Waals surface area contributed by atoms with Crippen LogP contribution in [0.4, 0.5) is 11.5 Å². The topological polar surface area (TPSA) is 76.1 Å². The molecule has 0 radical (unpaired) electrons. The van der Waals surface area contributed by atoms with Crippen molar-refractivity contribution in [1.29, 1.82) is 0 Å². The van der Waals surface area contributed by atoms with Crippen molar-refractivity contribution in [2.75, 3.05) is 17.7 Å². The molecule has 6 heteroatoms. The summed E-state index contributed by atoms with van der Waals surface area (Å²) in [6, 6.07) is 7.67. The Labute approximate surface area is 129 Å². The number of carbonyl (C=O) groups excluding carboxylic acids is 1. The highest BCUT2D eigenvalue weighted by Crippen LogP contribution is 2.22. The van der Waals surface area contributed by atoms with E-state index in [1.807, 2.05) is 38.1 Å². The van der Waals surface area contributed by atoms with Gasteiger partial charge in [-0.3, -0.25) is 4.79 Å². The average molecular weight is 300 g/mol. The molecule has 0 atom stereocenters. The second-order valence-electron chi connectivity index (χ2n) is 4.99. The lowest BCUT2D eigenvalue weighted by Crippen LogP contribution is -2.08. The number of amides is 1. The molecule has 6 nitrogen and oxygen atoms in total. The van der Waals surface area contributed by atoms with Crippen LogP contribution in [0.1, 0.15) is 23.9 Å². The van der Waals surface area contributed by atoms with Crippen LogP contribution in [-0.2, 0) is 11.3 Å². The summed E-state index contributed by atoms with van der Waals surface area (Å²) in [4.78, 5) is 19.7. The molecule has 1 aromatic heterocycles. The van der Waals surface area contributed by atoms with E-state index in [1.165, 1.54) is 6.92 Å². The van der Waals surface area contributed by atoms with Gasteiger partial charge in [-0.05, 0) is 31.5 Å². The van der Waals surface area contributed by atoms with Gasteiger partial charge in [0.2, 0.25) is 11.8 Å². The minimum atomic E-state index is -0.0860. The molecule has 0 fully saturated rings. The summed E-state index contributed by atoms with van der Waals surface area (Å²) in [5.74, 6) is 1.88. The second-order valence-corrected chi connectivity index (χ2v) is 4.99. The van der Waals surface area contributed by atoms with Crippen molar-refractivity contribution in [3.63, 3.8) is 0 Å². The van der Waals surface area contributed by atoms with E-state index in [1.54, 1.807) is 7.11 Å². The van der Waals surface area contributed by atoms with E-state index >= 15 is 0 Å². The maximum absolute atomic E-state index is 11.1. The third kappa shape index (κ3) is 3.94. The van der Waals surface area contributed by atoms with Gasteiger partial charge in [-0.1, -0.05) is 12.1 Å². The third-order valence-electron chi connectivity index (χ3n) is 3.11. The maximum Gasteiger partial charge on any atom is 0.221 e. The van der Waals surface area contributed by atoms with Crippen LogP contribution in [0.5, 0.6) is 5.88 Å². The smallest absolute Gasteiger partial charge is 0.221 e. The van der Waals surface area contributed by atoms with Crippen LogP contribution in [0.15, 0.2) is 24.3 Å². The Balaban J connectivity index is 2.13. The number of hydrogen-bond acceptors (Lipinski definition) is 5. The zero-order chi connectivity index (χ0) is 16.1. The highest BCUT2D eigenvalue weighted by Gasteiger charge is 2.09. The predicted molar refractivity (Wildman–Crippen MR) is 86.1 cm³/mol. The fourth-order valence-corrected chi connectivity index (χ4v) is 2.12. The SMILES string of the molecule is COc1nc(C)nc(NCc2cccc(NC(C)=O)c2)c1C. The number of benzene rings is 1. The van der Waals surface area contributed by atoms with Crippen LogP contribution in [0.2, 0.25) is 0 Å². The minimum absolute atomic E-state index is 0.0860. The van der Waals surface area contributed by atoms with Crippen LogP contribution in [0, 0.1) is 13.8 Å². The Bertz CT molecular complexity index is 686. The average Bonchev–Trinajstić information content (AvgIpc) is 2.47. The first-order chi connectivity index (χ1) is 10.5. The van der Waals surface area contributed by atoms with Crippen molar-refractivity contribution in [1.82, 2.24) is 9.97 Å². The van der Waals surface area contributed by atoms with Crippen molar-refractivity contribution < 1.29 is 9.53 Å². The van der Waals surface area contributed by atoms with Gasteiger partial charge < -0.3 is 15.4 Å². The largest absolute Gasteiger partial charge is 0.481 e. The minimum Gasteiger partial charge on any atom is -0.481 e. The molecule has 2 aromatic rings. The lowest BCUT2D eigenvalue weighted by Gasteiger charge is -2.12. The molecule has 0 aliphatic carbocycles. The Morgan fingerprint density at radius 2 is 2.05 bits per heavy atom. The molecule has 2 N–H and O–H groups in total. The van der Waals surface area contributed by atoms with Crippen LogP contribution in [0.3, 0.4) is 0 Å². The van der Waals surface area contributed by atoms with Gasteiger partial charge in [0.1, 0.15) is 11.6 Å². The van der Waals surface area contributed by atoms with Crippen LogP contribution in [-0.4, -0.2) is 23.0 Å². The van der Waals surface area contributed by atoms with Crippen LogP contribution >= 0.6 is 0 Å². The Kier molecular flexibility index (Phi) is 4.93. The molecule has 22 heavy (non-hydrogen) atoms. The van der Waals surface area contributed by atoms with Crippen molar-refractivity contribution in [3.8, 4) is 5.88 Å². The standard InChI is InChI=1S/C16H20N4O2/c1-10-15(18-11(2)19-16(10)22-4)17-9-13-6-5-7-14(8-13)20-12(3)21/h5-8H,9H2,1-4H3,(H,20,21)(H,17,18,19). The molecule has 0 saturated heterocycles. The Morgan fingerprint density at radius 1 is 1.27 bits per heavy atom. The summed E-state index contributed by atoms with van der Waals surface area (Å²) in [6.45, 7) is 5.82. The molecule has 0 aliphatic rings. The zero-order valence-corrected chi connectivity index (χ0v) is 13.2. The highest BCUT2D eigenvalue weighted by molar-refractivity contribution is 5.88. The summed E-state index contributed by atoms with van der Waals surface area (Å²) >= 11 is 0. The van der Waals surface area contributed by atoms with E-state index in [0.717, 1.165) is 22.6 Å². The van der Waals surface area contributed by atoms with Crippen molar-refractivity contribution in [2.24, 2.45) is 0 Å². The van der Waals surface area contributed by atoms with Crippen molar-refractivity contribution in [3.05, 3.63) is 41.2 Å². The lowest BCUT2D eigenvalue weighted by atomic mass is 10.2. The van der Waals surface area contributed by atoms with E-state index in [2.05, 4.69) is 20.6 Å². The first kappa shape index (κ1) is 15.8. The number of methoxy groups -OCH3 is 1. The molecule has 2 rings (SSSR count). The molecule has 116 valence electrons. The van der Waals surface area contributed by atoms with Gasteiger partial charge >= 0.3 is 0 Å². The molecule has 0 aliphatic heterocycles. The number of anilines is 2. The number of aryl methyl sites for hydroxylation is 1. The van der Waals surface area contributed by atoms with E-state index in [-0.39, 0.29) is 5.91 Å². The van der Waals surface area contributed by atoms with E-state index < -0.39 is 0 Å². The molecule has 1 aromatic carbocycles. The molecular formula is C16H20N4O2. The number of nitrogens with one attached hydrogen (secondary N) is 2. The monoisotopic (exact) mass is 300 g/mol. The first-order valence-corrected chi connectivity index (χ1v) is 6.99. The summed E-state index contributed by atoms with van der Waals surface area (Å²) in [5, 5.41) is 6.05. The number of aromatic nitrogens is 2. The number of nitrogens with zero attached hydrogens (tertiary/aromatic N) is 2. The Hall–Kier alpha value is -2.63. The van der Waals surface area contributed by atoms with Crippen molar-refractivity contribution >= 4 is 17.4 Å². The fourth-order valence-electron chi connectivity index (χ4n) is 2.12. The van der Waals surface area contributed by atoms with Gasteiger partial charge in [-0.25, -0.2) is 4.98 Å². The Morgan fingerprint density at radius 3 is 2.73 bits per heavy atom. The van der Waals surface area contributed by atoms with Crippen molar-refractivity contribution in [2.45, 2.75) is 27.3 Å². The van der Waals surface area contributed by atoms with Gasteiger partial charge in [0.25, 0.3) is 0 Å². The number of carbonyl (C=O) groups is 1. The summed E-state index contributed by atoms with van der Waals surface area (Å²) < 4.78 is 5.24. The number of ether oxygens (including phenoxy) is 1. The maximum atomic E-state index is 11.1.